The Morgan fingerprint density at radius 1 is 0.810 bits per heavy atom. The minimum absolute atomic E-state index is 0.227. The third-order valence-corrected chi connectivity index (χ3v) is 7.68. The van der Waals surface area contributed by atoms with Gasteiger partial charge in [0.25, 0.3) is 5.91 Å². The van der Waals surface area contributed by atoms with Gasteiger partial charge in [-0.25, -0.2) is 9.59 Å². The molecule has 4 atom stereocenters. The summed E-state index contributed by atoms with van der Waals surface area (Å²) in [4.78, 5) is 78.9. The quantitative estimate of drug-likeness (QED) is 0.222. The van der Waals surface area contributed by atoms with Crippen molar-refractivity contribution in [3.8, 4) is 0 Å². The molecule has 1 aliphatic heterocycles. The minimum Gasteiger partial charge on any atom is -0.458 e. The number of likely N-dealkylation sites (tertiary alicyclic amines) is 1. The molecule has 0 aromatic rings. The highest BCUT2D eigenvalue weighted by molar-refractivity contribution is 6.37. The molecule has 2 fully saturated rings. The topological polar surface area (TPSA) is 177 Å². The molecule has 0 spiro atoms. The van der Waals surface area contributed by atoms with Crippen LogP contribution < -0.4 is 21.7 Å². The van der Waals surface area contributed by atoms with Crippen LogP contribution in [0.3, 0.4) is 0 Å². The van der Waals surface area contributed by atoms with Gasteiger partial charge in [0.05, 0.1) is 6.04 Å². The molecule has 12 nitrogen and oxygen atoms in total. The Labute approximate surface area is 249 Å². The molecule has 42 heavy (non-hydrogen) atoms. The van der Waals surface area contributed by atoms with Gasteiger partial charge in [0.15, 0.2) is 0 Å². The van der Waals surface area contributed by atoms with Crippen molar-refractivity contribution in [3.63, 3.8) is 0 Å². The first kappa shape index (κ1) is 35.0. The van der Waals surface area contributed by atoms with Crippen LogP contribution in [0.15, 0.2) is 0 Å². The third-order valence-electron chi connectivity index (χ3n) is 7.68. The Hall–Kier alpha value is -3.18. The number of ketones is 1. The number of primary amides is 1. The number of esters is 1. The van der Waals surface area contributed by atoms with Gasteiger partial charge in [0.2, 0.25) is 17.6 Å². The number of ether oxygens (including phenoxy) is 1. The Morgan fingerprint density at radius 3 is 1.81 bits per heavy atom. The Bertz CT molecular complexity index is 1050. The van der Waals surface area contributed by atoms with Crippen molar-refractivity contribution in [2.24, 2.45) is 22.5 Å². The van der Waals surface area contributed by atoms with E-state index in [2.05, 4.69) is 16.0 Å². The molecule has 2 aliphatic rings. The lowest BCUT2D eigenvalue weighted by molar-refractivity contribution is -0.160. The van der Waals surface area contributed by atoms with E-state index in [1.54, 1.807) is 62.3 Å². The average Bonchev–Trinajstić information content (AvgIpc) is 3.29. The van der Waals surface area contributed by atoms with Gasteiger partial charge in [-0.3, -0.25) is 19.2 Å². The lowest BCUT2D eigenvalue weighted by atomic mass is 9.80. The van der Waals surface area contributed by atoms with Crippen molar-refractivity contribution < 1.29 is 33.5 Å². The maximum Gasteiger partial charge on any atom is 0.329 e. The number of hydrogen-bond donors (Lipinski definition) is 4. The predicted octanol–water partition coefficient (Wildman–Crippen LogP) is 2.18. The second-order valence-corrected chi connectivity index (χ2v) is 14.8. The molecule has 0 radical (unpaired) electrons. The summed E-state index contributed by atoms with van der Waals surface area (Å²) in [5.41, 5.74) is 3.05. The van der Waals surface area contributed by atoms with Crippen molar-refractivity contribution in [1.29, 1.82) is 0 Å². The Morgan fingerprint density at radius 2 is 1.36 bits per heavy atom. The second kappa shape index (κ2) is 13.4. The van der Waals surface area contributed by atoms with Crippen molar-refractivity contribution in [2.75, 3.05) is 6.54 Å². The molecule has 0 aromatic carbocycles. The van der Waals surface area contributed by atoms with E-state index in [0.29, 0.717) is 19.3 Å². The van der Waals surface area contributed by atoms with Gasteiger partial charge >= 0.3 is 12.0 Å². The number of carbonyl (C=O) groups is 6. The van der Waals surface area contributed by atoms with Crippen LogP contribution in [0.1, 0.15) is 101 Å². The Balaban J connectivity index is 2.20. The van der Waals surface area contributed by atoms with Gasteiger partial charge in [-0.1, -0.05) is 60.8 Å². The first-order chi connectivity index (χ1) is 19.1. The number of amides is 5. The van der Waals surface area contributed by atoms with Crippen molar-refractivity contribution in [3.05, 3.63) is 0 Å². The van der Waals surface area contributed by atoms with E-state index < -0.39 is 76.1 Å². The molecule has 1 aliphatic carbocycles. The smallest absolute Gasteiger partial charge is 0.329 e. The summed E-state index contributed by atoms with van der Waals surface area (Å²) >= 11 is 0. The predicted molar refractivity (Wildman–Crippen MR) is 157 cm³/mol. The fraction of sp³-hybridized carbons (Fsp3) is 0.800. The molecule has 5 N–H and O–H groups in total. The standard InChI is InChI=1S/C30H51N5O7/c1-28(2,3)21(33-27(41)34-22(29(4,5)6)26(40)42-30(7,8)9)25(39)35-15-11-14-19(35)24(38)32-18(20(36)23(31)37)16-17-12-10-13-17/h17-19,21-22H,10-16H2,1-9H3,(H2,31,37)(H,32,38)(H2,33,34,41). The summed E-state index contributed by atoms with van der Waals surface area (Å²) in [7, 11) is 0. The molecule has 1 heterocycles. The maximum absolute atomic E-state index is 13.9. The zero-order chi connectivity index (χ0) is 32.2. The first-order valence-corrected chi connectivity index (χ1v) is 14.9. The number of hydrogen-bond acceptors (Lipinski definition) is 7. The van der Waals surface area contributed by atoms with Gasteiger partial charge in [-0.2, -0.15) is 0 Å². The molecular weight excluding hydrogens is 542 g/mol. The van der Waals surface area contributed by atoms with E-state index in [0.717, 1.165) is 19.3 Å². The van der Waals surface area contributed by atoms with E-state index in [1.165, 1.54) is 4.90 Å². The number of urea groups is 1. The van der Waals surface area contributed by atoms with Gasteiger partial charge in [0, 0.05) is 6.54 Å². The van der Waals surface area contributed by atoms with Gasteiger partial charge in [-0.15, -0.1) is 0 Å². The molecule has 5 amide bonds. The lowest BCUT2D eigenvalue weighted by Gasteiger charge is -2.37. The highest BCUT2D eigenvalue weighted by Crippen LogP contribution is 2.31. The molecule has 1 saturated heterocycles. The normalized spacial score (nSPS) is 20.0. The van der Waals surface area contributed by atoms with E-state index in [-0.39, 0.29) is 12.5 Å². The number of nitrogens with one attached hydrogen (secondary N) is 3. The molecule has 4 unspecified atom stereocenters. The highest BCUT2D eigenvalue weighted by Gasteiger charge is 2.44. The van der Waals surface area contributed by atoms with Crippen molar-refractivity contribution in [2.45, 2.75) is 131 Å². The van der Waals surface area contributed by atoms with Crippen LogP contribution in [0.5, 0.6) is 0 Å². The molecular formula is C30H51N5O7. The van der Waals surface area contributed by atoms with E-state index >= 15 is 0 Å². The van der Waals surface area contributed by atoms with Crippen molar-refractivity contribution in [1.82, 2.24) is 20.9 Å². The SMILES string of the molecule is CC(C)(C)OC(=O)C(NC(=O)NC(C(=O)N1CCCC1C(=O)NC(CC1CCC1)C(=O)C(N)=O)C(C)(C)C)C(C)(C)C. The largest absolute Gasteiger partial charge is 0.458 e. The molecule has 2 rings (SSSR count). The summed E-state index contributed by atoms with van der Waals surface area (Å²) in [5.74, 6) is -3.32. The van der Waals surface area contributed by atoms with Crippen LogP contribution in [0.25, 0.3) is 0 Å². The monoisotopic (exact) mass is 593 g/mol. The summed E-state index contributed by atoms with van der Waals surface area (Å²) in [6.45, 7) is 16.2. The zero-order valence-electron chi connectivity index (χ0n) is 26.7. The molecule has 0 aromatic heterocycles. The fourth-order valence-corrected chi connectivity index (χ4v) is 5.14. The van der Waals surface area contributed by atoms with Crippen LogP contribution in [0.4, 0.5) is 4.79 Å². The fourth-order valence-electron chi connectivity index (χ4n) is 5.14. The van der Waals surface area contributed by atoms with E-state index in [9.17, 15) is 28.8 Å². The average molecular weight is 594 g/mol. The molecule has 238 valence electrons. The lowest BCUT2D eigenvalue weighted by Crippen LogP contribution is -2.62. The third kappa shape index (κ3) is 9.69. The van der Waals surface area contributed by atoms with Crippen LogP contribution in [0, 0.1) is 16.7 Å². The van der Waals surface area contributed by atoms with Crippen LogP contribution in [-0.2, 0) is 28.7 Å². The summed E-state index contributed by atoms with van der Waals surface area (Å²) in [6, 6.07) is -4.67. The minimum atomic E-state index is -1.11. The second-order valence-electron chi connectivity index (χ2n) is 14.8. The number of Topliss-reactive ketones (excluding diaryl/α,β-unsaturated/α-hetero) is 1. The molecule has 12 heteroatoms. The Kier molecular flexibility index (Phi) is 11.2. The molecule has 1 saturated carbocycles. The van der Waals surface area contributed by atoms with Gasteiger partial charge in [-0.05, 0) is 56.8 Å². The maximum atomic E-state index is 13.9. The van der Waals surface area contributed by atoms with Crippen LogP contribution in [0.2, 0.25) is 0 Å². The van der Waals surface area contributed by atoms with Crippen LogP contribution in [-0.4, -0.2) is 76.7 Å². The summed E-state index contributed by atoms with van der Waals surface area (Å²) in [5, 5.41) is 8.10. The zero-order valence-corrected chi connectivity index (χ0v) is 26.7. The number of nitrogens with two attached hydrogens (primary N) is 1. The van der Waals surface area contributed by atoms with Gasteiger partial charge in [0.1, 0.15) is 23.7 Å². The summed E-state index contributed by atoms with van der Waals surface area (Å²) < 4.78 is 5.51. The van der Waals surface area contributed by atoms with Gasteiger partial charge < -0.3 is 31.3 Å². The summed E-state index contributed by atoms with van der Waals surface area (Å²) in [6.07, 6.45) is 4.10. The number of carbonyl (C=O) groups excluding carboxylic acids is 6. The molecule has 0 bridgehead atoms. The highest BCUT2D eigenvalue weighted by atomic mass is 16.6. The number of nitrogens with zero attached hydrogens (tertiary/aromatic N) is 1. The van der Waals surface area contributed by atoms with Crippen LogP contribution >= 0.6 is 0 Å². The van der Waals surface area contributed by atoms with E-state index in [1.807, 2.05) is 0 Å². The van der Waals surface area contributed by atoms with E-state index in [4.69, 9.17) is 10.5 Å². The first-order valence-electron chi connectivity index (χ1n) is 14.9. The van der Waals surface area contributed by atoms with Crippen molar-refractivity contribution >= 4 is 35.5 Å². The number of rotatable bonds is 10.